The first-order chi connectivity index (χ1) is 12.6. The number of anilines is 1. The highest BCUT2D eigenvalue weighted by Gasteiger charge is 2.14. The molecule has 3 aromatic rings. The number of hydrogen-bond acceptors (Lipinski definition) is 5. The van der Waals surface area contributed by atoms with E-state index < -0.39 is 6.10 Å². The predicted octanol–water partition coefficient (Wildman–Crippen LogP) is 2.50. The molecule has 0 bridgehead atoms. The summed E-state index contributed by atoms with van der Waals surface area (Å²) in [5.41, 5.74) is 4.03. The highest BCUT2D eigenvalue weighted by Crippen LogP contribution is 2.21. The average Bonchev–Trinajstić information content (AvgIpc) is 2.95. The highest BCUT2D eigenvalue weighted by atomic mass is 16.5. The lowest BCUT2D eigenvalue weighted by Crippen LogP contribution is -2.25. The minimum absolute atomic E-state index is 0.0155. The van der Waals surface area contributed by atoms with Gasteiger partial charge in [-0.1, -0.05) is 18.2 Å². The van der Waals surface area contributed by atoms with E-state index in [1.54, 1.807) is 0 Å². The summed E-state index contributed by atoms with van der Waals surface area (Å²) in [6.45, 7) is 4.99. The van der Waals surface area contributed by atoms with Crippen molar-refractivity contribution >= 4 is 17.0 Å². The lowest BCUT2D eigenvalue weighted by Gasteiger charge is -2.16. The van der Waals surface area contributed by atoms with Crippen molar-refractivity contribution in [3.05, 3.63) is 53.6 Å². The molecule has 26 heavy (non-hydrogen) atoms. The van der Waals surface area contributed by atoms with Crippen LogP contribution in [0, 0.1) is 13.8 Å². The van der Waals surface area contributed by atoms with Crippen LogP contribution < -0.4 is 10.1 Å². The molecule has 1 atom stereocenters. The van der Waals surface area contributed by atoms with Gasteiger partial charge in [0.25, 0.3) is 0 Å². The minimum atomic E-state index is -0.692. The summed E-state index contributed by atoms with van der Waals surface area (Å²) in [4.78, 5) is 4.53. The van der Waals surface area contributed by atoms with E-state index in [0.717, 1.165) is 27.9 Å². The molecule has 6 heteroatoms. The van der Waals surface area contributed by atoms with Gasteiger partial charge in [0, 0.05) is 6.54 Å². The van der Waals surface area contributed by atoms with Gasteiger partial charge in [0.05, 0.1) is 24.2 Å². The molecule has 0 saturated heterocycles. The Hall–Kier alpha value is -2.57. The Morgan fingerprint density at radius 3 is 2.62 bits per heavy atom. The quantitative estimate of drug-likeness (QED) is 0.579. The summed E-state index contributed by atoms with van der Waals surface area (Å²) < 4.78 is 7.68. The maximum absolute atomic E-state index is 10.5. The second-order valence-electron chi connectivity index (χ2n) is 6.47. The second-order valence-corrected chi connectivity index (χ2v) is 6.47. The van der Waals surface area contributed by atoms with Crippen LogP contribution in [0.5, 0.6) is 5.75 Å². The van der Waals surface area contributed by atoms with Crippen molar-refractivity contribution in [1.29, 1.82) is 0 Å². The van der Waals surface area contributed by atoms with E-state index in [9.17, 15) is 5.11 Å². The van der Waals surface area contributed by atoms with Gasteiger partial charge in [-0.25, -0.2) is 4.98 Å². The lowest BCUT2D eigenvalue weighted by molar-refractivity contribution is 0.0938. The van der Waals surface area contributed by atoms with Crippen LogP contribution in [-0.2, 0) is 6.54 Å². The molecule has 138 valence electrons. The molecule has 0 aliphatic carbocycles. The van der Waals surface area contributed by atoms with Crippen LogP contribution in [-0.4, -0.2) is 45.6 Å². The molecule has 1 unspecified atom stereocenters. The Morgan fingerprint density at radius 2 is 1.88 bits per heavy atom. The van der Waals surface area contributed by atoms with E-state index in [4.69, 9.17) is 9.84 Å². The second kappa shape index (κ2) is 8.21. The number of fused-ring (bicyclic) bond motifs is 1. The van der Waals surface area contributed by atoms with E-state index in [2.05, 4.69) is 16.4 Å². The average molecular weight is 355 g/mol. The first-order valence-electron chi connectivity index (χ1n) is 8.76. The third-order valence-corrected chi connectivity index (χ3v) is 4.08. The number of hydrogen-bond donors (Lipinski definition) is 3. The van der Waals surface area contributed by atoms with Crippen LogP contribution in [0.4, 0.5) is 5.95 Å². The summed E-state index contributed by atoms with van der Waals surface area (Å²) in [6, 6.07) is 13.8. The Morgan fingerprint density at radius 1 is 1.15 bits per heavy atom. The van der Waals surface area contributed by atoms with E-state index in [-0.39, 0.29) is 13.2 Å². The molecule has 0 radical (unpaired) electrons. The Kier molecular flexibility index (Phi) is 5.75. The van der Waals surface area contributed by atoms with Gasteiger partial charge in [0.2, 0.25) is 5.95 Å². The zero-order chi connectivity index (χ0) is 18.5. The number of aliphatic hydroxyl groups excluding tert-OH is 2. The maximum Gasteiger partial charge on any atom is 0.204 e. The molecular weight excluding hydrogens is 330 g/mol. The molecule has 6 nitrogen and oxygen atoms in total. The van der Waals surface area contributed by atoms with Gasteiger partial charge in [0.15, 0.2) is 0 Å². The monoisotopic (exact) mass is 355 g/mol. The summed E-state index contributed by atoms with van der Waals surface area (Å²) in [6.07, 6.45) is -0.692. The Balaban J connectivity index is 1.72. The van der Waals surface area contributed by atoms with Crippen LogP contribution in [0.3, 0.4) is 0 Å². The number of aliphatic hydroxyl groups is 2. The molecule has 0 aliphatic rings. The molecule has 1 aromatic heterocycles. The van der Waals surface area contributed by atoms with Crippen molar-refractivity contribution in [2.24, 2.45) is 0 Å². The number of para-hydroxylation sites is 2. The molecule has 0 fully saturated rings. The van der Waals surface area contributed by atoms with Crippen molar-refractivity contribution in [3.8, 4) is 5.75 Å². The van der Waals surface area contributed by atoms with Crippen LogP contribution >= 0.6 is 0 Å². The minimum Gasteiger partial charge on any atom is -0.491 e. The number of imidazole rings is 1. The van der Waals surface area contributed by atoms with Gasteiger partial charge in [-0.05, 0) is 49.2 Å². The molecular formula is C20H25N3O3. The van der Waals surface area contributed by atoms with E-state index in [1.807, 2.05) is 54.8 Å². The standard InChI is InChI=1S/C20H25N3O3/c1-14-9-15(2)11-17(10-14)26-13-16(25)12-23-19-6-4-3-5-18(19)22-20(23)21-7-8-24/h3-6,9-11,16,24-25H,7-8,12-13H2,1-2H3,(H,21,22). The highest BCUT2D eigenvalue weighted by molar-refractivity contribution is 5.78. The summed E-state index contributed by atoms with van der Waals surface area (Å²) in [5.74, 6) is 1.39. The maximum atomic E-state index is 10.5. The zero-order valence-corrected chi connectivity index (χ0v) is 15.1. The fourth-order valence-electron chi connectivity index (χ4n) is 3.04. The van der Waals surface area contributed by atoms with Crippen molar-refractivity contribution in [2.75, 3.05) is 25.1 Å². The SMILES string of the molecule is Cc1cc(C)cc(OCC(O)Cn2c(NCCO)nc3ccccc32)c1. The number of aryl methyl sites for hydroxylation is 2. The molecule has 0 saturated carbocycles. The van der Waals surface area contributed by atoms with Gasteiger partial charge in [0.1, 0.15) is 18.5 Å². The van der Waals surface area contributed by atoms with Gasteiger partial charge < -0.3 is 24.8 Å². The molecule has 3 N–H and O–H groups in total. The van der Waals surface area contributed by atoms with Gasteiger partial charge in [-0.2, -0.15) is 0 Å². The number of benzene rings is 2. The molecule has 0 amide bonds. The molecule has 0 aliphatic heterocycles. The summed E-state index contributed by atoms with van der Waals surface area (Å²) >= 11 is 0. The van der Waals surface area contributed by atoms with Crippen LogP contribution in [0.15, 0.2) is 42.5 Å². The smallest absolute Gasteiger partial charge is 0.204 e. The molecule has 0 spiro atoms. The number of ether oxygens (including phenoxy) is 1. The van der Waals surface area contributed by atoms with Crippen molar-refractivity contribution in [3.63, 3.8) is 0 Å². The largest absolute Gasteiger partial charge is 0.491 e. The number of aromatic nitrogens is 2. The van der Waals surface area contributed by atoms with Gasteiger partial charge in [-0.3, -0.25) is 0 Å². The number of nitrogens with one attached hydrogen (secondary N) is 1. The first kappa shape index (κ1) is 18.2. The molecule has 2 aromatic carbocycles. The van der Waals surface area contributed by atoms with Crippen molar-refractivity contribution in [2.45, 2.75) is 26.5 Å². The fraction of sp³-hybridized carbons (Fsp3) is 0.350. The van der Waals surface area contributed by atoms with E-state index in [1.165, 1.54) is 0 Å². The Bertz CT molecular complexity index is 856. The summed E-state index contributed by atoms with van der Waals surface area (Å²) in [7, 11) is 0. The van der Waals surface area contributed by atoms with Gasteiger partial charge >= 0.3 is 0 Å². The lowest BCUT2D eigenvalue weighted by atomic mass is 10.1. The van der Waals surface area contributed by atoms with Crippen molar-refractivity contribution in [1.82, 2.24) is 9.55 Å². The van der Waals surface area contributed by atoms with E-state index >= 15 is 0 Å². The first-order valence-corrected chi connectivity index (χ1v) is 8.76. The van der Waals surface area contributed by atoms with Crippen LogP contribution in [0.2, 0.25) is 0 Å². The van der Waals surface area contributed by atoms with Crippen molar-refractivity contribution < 1.29 is 14.9 Å². The fourth-order valence-corrected chi connectivity index (χ4v) is 3.04. The Labute approximate surface area is 153 Å². The summed E-state index contributed by atoms with van der Waals surface area (Å²) in [5, 5.41) is 22.6. The predicted molar refractivity (Wildman–Crippen MR) is 103 cm³/mol. The van der Waals surface area contributed by atoms with Gasteiger partial charge in [-0.15, -0.1) is 0 Å². The zero-order valence-electron chi connectivity index (χ0n) is 15.1. The molecule has 1 heterocycles. The molecule has 3 rings (SSSR count). The van der Waals surface area contributed by atoms with Crippen LogP contribution in [0.25, 0.3) is 11.0 Å². The topological polar surface area (TPSA) is 79.5 Å². The number of nitrogens with zero attached hydrogens (tertiary/aromatic N) is 2. The third kappa shape index (κ3) is 4.33. The number of rotatable bonds is 8. The van der Waals surface area contributed by atoms with E-state index in [0.29, 0.717) is 19.0 Å². The normalized spacial score (nSPS) is 12.3. The third-order valence-electron chi connectivity index (χ3n) is 4.08. The van der Waals surface area contributed by atoms with Crippen LogP contribution in [0.1, 0.15) is 11.1 Å².